The minimum atomic E-state index is -0.417. The summed E-state index contributed by atoms with van der Waals surface area (Å²) in [5.41, 5.74) is 0.387. The van der Waals surface area contributed by atoms with E-state index in [2.05, 4.69) is 13.8 Å². The van der Waals surface area contributed by atoms with Crippen LogP contribution in [-0.2, 0) is 0 Å². The Kier molecular flexibility index (Phi) is 25.6. The number of carbonyl (C=O) groups is 2. The van der Waals surface area contributed by atoms with Crippen LogP contribution >= 0.6 is 23.5 Å². The average molecular weight is 859 g/mol. The Morgan fingerprint density at radius 3 is 0.900 bits per heavy atom. The number of thioether (sulfide) groups is 2. The lowest BCUT2D eigenvalue weighted by Gasteiger charge is -2.22. The molecule has 2 N–H and O–H groups in total. The molecular formula is C54H82O4S2. The summed E-state index contributed by atoms with van der Waals surface area (Å²) in [6, 6.07) is 10.6. The smallest absolute Gasteiger partial charge is 0.198 e. The van der Waals surface area contributed by atoms with Crippen molar-refractivity contribution in [1.29, 1.82) is 0 Å². The standard InChI is InChI=1S/C54H82O4S2/c1-3-5-7-9-11-13-15-17-19-21-23-25-27-29-31-35-39-59-47-41-45-46(54(58)50-49(53(45)57)51(55)43-37-33-34-38-44(43)52(50)56)42-48(47)60-40-36-32-30-28-26-24-22-20-18-16-14-12-10-8-6-4-2/h33-34,37-38,41-42,57-58H,3-32,35-36,39-40H2,1-2H3. The highest BCUT2D eigenvalue weighted by molar-refractivity contribution is 8.02. The van der Waals surface area contributed by atoms with E-state index in [1.807, 2.05) is 35.7 Å². The maximum atomic E-state index is 13.6. The number of phenolic OH excluding ortho intramolecular Hbond substituents is 2. The fourth-order valence-electron chi connectivity index (χ4n) is 8.94. The van der Waals surface area contributed by atoms with Gasteiger partial charge in [0, 0.05) is 31.7 Å². The van der Waals surface area contributed by atoms with Crippen LogP contribution in [0.2, 0.25) is 0 Å². The van der Waals surface area contributed by atoms with Gasteiger partial charge in [0.05, 0.1) is 11.1 Å². The zero-order valence-electron chi connectivity index (χ0n) is 38.0. The van der Waals surface area contributed by atoms with Gasteiger partial charge in [-0.1, -0.05) is 231 Å². The van der Waals surface area contributed by atoms with Crippen LogP contribution in [0.4, 0.5) is 0 Å². The number of benzene rings is 3. The molecule has 0 heterocycles. The highest BCUT2D eigenvalue weighted by Crippen LogP contribution is 2.47. The maximum Gasteiger partial charge on any atom is 0.198 e. The van der Waals surface area contributed by atoms with Crippen molar-refractivity contribution in [3.8, 4) is 11.5 Å². The zero-order valence-corrected chi connectivity index (χ0v) is 39.7. The van der Waals surface area contributed by atoms with Gasteiger partial charge in [0.2, 0.25) is 0 Å². The number of rotatable bonds is 36. The number of phenols is 2. The molecule has 3 aromatic rings. The Labute approximate surface area is 374 Å². The predicted octanol–water partition coefficient (Wildman–Crippen LogP) is 17.7. The van der Waals surface area contributed by atoms with E-state index in [-0.39, 0.29) is 33.8 Å². The van der Waals surface area contributed by atoms with Crippen molar-refractivity contribution in [3.63, 3.8) is 0 Å². The van der Waals surface area contributed by atoms with Gasteiger partial charge in [0.1, 0.15) is 11.5 Å². The maximum absolute atomic E-state index is 13.6. The first kappa shape index (κ1) is 50.2. The van der Waals surface area contributed by atoms with E-state index in [4.69, 9.17) is 0 Å². The lowest BCUT2D eigenvalue weighted by atomic mass is 9.81. The molecule has 4 rings (SSSR count). The lowest BCUT2D eigenvalue weighted by molar-refractivity contribution is 0.0974. The molecule has 0 saturated heterocycles. The van der Waals surface area contributed by atoms with Crippen LogP contribution in [0.15, 0.2) is 46.2 Å². The largest absolute Gasteiger partial charge is 0.506 e. The Hall–Kier alpha value is -2.44. The second-order valence-electron chi connectivity index (χ2n) is 17.8. The molecule has 0 aliphatic heterocycles. The van der Waals surface area contributed by atoms with Crippen molar-refractivity contribution < 1.29 is 19.8 Å². The summed E-state index contributed by atoms with van der Waals surface area (Å²) < 4.78 is 0. The second kappa shape index (κ2) is 30.6. The fourth-order valence-corrected chi connectivity index (χ4v) is 11.2. The van der Waals surface area contributed by atoms with E-state index in [1.54, 1.807) is 24.3 Å². The van der Waals surface area contributed by atoms with Gasteiger partial charge < -0.3 is 10.2 Å². The fraction of sp³-hybridized carbons (Fsp3) is 0.667. The molecule has 0 saturated carbocycles. The average Bonchev–Trinajstić information content (AvgIpc) is 3.26. The predicted molar refractivity (Wildman–Crippen MR) is 261 cm³/mol. The molecular weight excluding hydrogens is 777 g/mol. The van der Waals surface area contributed by atoms with Crippen LogP contribution in [0, 0.1) is 0 Å². The van der Waals surface area contributed by atoms with Gasteiger partial charge in [-0.3, -0.25) is 9.59 Å². The van der Waals surface area contributed by atoms with Crippen LogP contribution < -0.4 is 0 Å². The number of aromatic hydroxyl groups is 2. The first-order valence-electron chi connectivity index (χ1n) is 25.0. The molecule has 60 heavy (non-hydrogen) atoms. The third kappa shape index (κ3) is 17.0. The van der Waals surface area contributed by atoms with Crippen molar-refractivity contribution in [3.05, 3.63) is 58.7 Å². The molecule has 0 aromatic heterocycles. The number of ketones is 2. The Morgan fingerprint density at radius 2 is 0.633 bits per heavy atom. The molecule has 3 aromatic carbocycles. The molecule has 4 nitrogen and oxygen atoms in total. The van der Waals surface area contributed by atoms with Gasteiger partial charge >= 0.3 is 0 Å². The van der Waals surface area contributed by atoms with Crippen molar-refractivity contribution >= 4 is 45.9 Å². The molecule has 0 spiro atoms. The third-order valence-electron chi connectivity index (χ3n) is 12.7. The Bertz CT molecular complexity index is 1560. The Balaban J connectivity index is 1.23. The summed E-state index contributed by atoms with van der Waals surface area (Å²) in [5.74, 6) is 0.727. The quantitative estimate of drug-likeness (QED) is 0.0270. The second-order valence-corrected chi connectivity index (χ2v) is 20.1. The minimum absolute atomic E-state index is 0.0778. The number of carbonyl (C=O) groups excluding carboxylic acids is 2. The van der Waals surface area contributed by atoms with E-state index < -0.39 is 11.6 Å². The van der Waals surface area contributed by atoms with E-state index in [9.17, 15) is 19.8 Å². The number of hydrogen-bond donors (Lipinski definition) is 2. The number of fused-ring (bicyclic) bond motifs is 3. The van der Waals surface area contributed by atoms with Crippen LogP contribution in [0.25, 0.3) is 10.8 Å². The van der Waals surface area contributed by atoms with Gasteiger partial charge in [0.25, 0.3) is 0 Å². The van der Waals surface area contributed by atoms with Gasteiger partial charge in [-0.05, 0) is 36.5 Å². The lowest BCUT2D eigenvalue weighted by Crippen LogP contribution is -2.21. The van der Waals surface area contributed by atoms with Crippen LogP contribution in [0.5, 0.6) is 11.5 Å². The van der Waals surface area contributed by atoms with E-state index in [0.717, 1.165) is 34.1 Å². The van der Waals surface area contributed by atoms with Crippen LogP contribution in [0.3, 0.4) is 0 Å². The summed E-state index contributed by atoms with van der Waals surface area (Å²) in [7, 11) is 0. The SMILES string of the molecule is CCCCCCCCCCCCCCCCCCSc1cc2c(O)c3c(c(O)c2cc1SCCCCCCCCCCCCCCCCCC)C(=O)c1ccccc1C3=O. The highest BCUT2D eigenvalue weighted by atomic mass is 32.2. The van der Waals surface area contributed by atoms with Crippen LogP contribution in [-0.4, -0.2) is 33.3 Å². The summed E-state index contributed by atoms with van der Waals surface area (Å²) >= 11 is 3.63. The molecule has 0 unspecified atom stereocenters. The number of unbranched alkanes of at least 4 members (excludes halogenated alkanes) is 30. The van der Waals surface area contributed by atoms with Gasteiger partial charge in [-0.15, -0.1) is 23.5 Å². The van der Waals surface area contributed by atoms with Crippen molar-refractivity contribution in [2.45, 2.75) is 229 Å². The molecule has 0 radical (unpaired) electrons. The summed E-state index contributed by atoms with van der Waals surface area (Å²) in [4.78, 5) is 29.4. The molecule has 1 aliphatic rings. The molecule has 334 valence electrons. The van der Waals surface area contributed by atoms with Gasteiger partial charge in [-0.25, -0.2) is 0 Å². The van der Waals surface area contributed by atoms with E-state index in [1.165, 1.54) is 193 Å². The molecule has 0 bridgehead atoms. The monoisotopic (exact) mass is 859 g/mol. The molecule has 0 amide bonds. The summed E-state index contributed by atoms with van der Waals surface area (Å²) in [5, 5.41) is 24.1. The molecule has 6 heteroatoms. The van der Waals surface area contributed by atoms with Gasteiger partial charge in [0.15, 0.2) is 11.6 Å². The van der Waals surface area contributed by atoms with Gasteiger partial charge in [-0.2, -0.15) is 0 Å². The molecule has 1 aliphatic carbocycles. The van der Waals surface area contributed by atoms with E-state index in [0.29, 0.717) is 10.8 Å². The topological polar surface area (TPSA) is 74.6 Å². The highest BCUT2D eigenvalue weighted by Gasteiger charge is 2.36. The zero-order chi connectivity index (χ0) is 42.6. The van der Waals surface area contributed by atoms with Crippen molar-refractivity contribution in [2.75, 3.05) is 11.5 Å². The Morgan fingerprint density at radius 1 is 0.383 bits per heavy atom. The van der Waals surface area contributed by atoms with Crippen molar-refractivity contribution in [1.82, 2.24) is 0 Å². The normalized spacial score (nSPS) is 12.4. The third-order valence-corrected chi connectivity index (χ3v) is 15.1. The summed E-state index contributed by atoms with van der Waals surface area (Å²) in [6.07, 6.45) is 43.3. The molecule has 0 fully saturated rings. The van der Waals surface area contributed by atoms with E-state index >= 15 is 0 Å². The summed E-state index contributed by atoms with van der Waals surface area (Å²) in [6.45, 7) is 4.57. The van der Waals surface area contributed by atoms with Crippen LogP contribution in [0.1, 0.15) is 251 Å². The molecule has 0 atom stereocenters. The van der Waals surface area contributed by atoms with Crippen molar-refractivity contribution in [2.24, 2.45) is 0 Å². The number of hydrogen-bond acceptors (Lipinski definition) is 6. The first-order chi connectivity index (χ1) is 29.5. The minimum Gasteiger partial charge on any atom is -0.506 e. The first-order valence-corrected chi connectivity index (χ1v) is 27.0.